The predicted molar refractivity (Wildman–Crippen MR) is 55.0 cm³/mol. The Morgan fingerprint density at radius 3 is 2.67 bits per heavy atom. The van der Waals surface area contributed by atoms with Crippen LogP contribution in [0.1, 0.15) is 27.2 Å². The third kappa shape index (κ3) is 1.97. The summed E-state index contributed by atoms with van der Waals surface area (Å²) in [6.45, 7) is 6.38. The lowest BCUT2D eigenvalue weighted by atomic mass is 10.0. The number of hydrogen-bond acceptors (Lipinski definition) is 0. The summed E-state index contributed by atoms with van der Waals surface area (Å²) in [4.78, 5) is 0. The molecule has 0 radical (unpaired) electrons. The van der Waals surface area contributed by atoms with Crippen LogP contribution >= 0.6 is 0 Å². The molecule has 1 aliphatic rings. The van der Waals surface area contributed by atoms with Gasteiger partial charge in [0.05, 0.1) is 0 Å². The Morgan fingerprint density at radius 2 is 2.17 bits per heavy atom. The zero-order valence-electron chi connectivity index (χ0n) is 8.09. The Kier molecular flexibility index (Phi) is 3.09. The standard InChI is InChI=1S/C12H16/c1-4-7-10(2)11(3)12-8-5-6-9-12/h4-5,7-9H,6H2,1-3H3. The fourth-order valence-corrected chi connectivity index (χ4v) is 1.34. The van der Waals surface area contributed by atoms with Gasteiger partial charge in [0.25, 0.3) is 0 Å². The highest BCUT2D eigenvalue weighted by atomic mass is 14.1. The molecule has 0 unspecified atom stereocenters. The molecule has 0 aliphatic heterocycles. The van der Waals surface area contributed by atoms with Gasteiger partial charge in [-0.25, -0.2) is 0 Å². The lowest BCUT2D eigenvalue weighted by molar-refractivity contribution is 1.32. The Morgan fingerprint density at radius 1 is 1.42 bits per heavy atom. The molecule has 0 bridgehead atoms. The molecule has 0 aromatic rings. The van der Waals surface area contributed by atoms with E-state index in [0.29, 0.717) is 0 Å². The number of hydrogen-bond donors (Lipinski definition) is 0. The van der Waals surface area contributed by atoms with Gasteiger partial charge in [0, 0.05) is 0 Å². The summed E-state index contributed by atoms with van der Waals surface area (Å²) in [6.07, 6.45) is 12.0. The van der Waals surface area contributed by atoms with E-state index in [0.717, 1.165) is 6.42 Å². The van der Waals surface area contributed by atoms with Crippen molar-refractivity contribution in [2.75, 3.05) is 0 Å². The molecule has 0 N–H and O–H groups in total. The fraction of sp³-hybridized carbons (Fsp3) is 0.333. The van der Waals surface area contributed by atoms with E-state index in [1.165, 1.54) is 16.7 Å². The summed E-state index contributed by atoms with van der Waals surface area (Å²) < 4.78 is 0. The summed E-state index contributed by atoms with van der Waals surface area (Å²) in [5, 5.41) is 0. The first-order valence-electron chi connectivity index (χ1n) is 4.43. The Bertz CT molecular complexity index is 272. The first-order valence-corrected chi connectivity index (χ1v) is 4.43. The average Bonchev–Trinajstić information content (AvgIpc) is 2.55. The molecule has 0 saturated carbocycles. The molecule has 0 spiro atoms. The largest absolute Gasteiger partial charge is 0.0874 e. The molecular formula is C12H16. The van der Waals surface area contributed by atoms with Crippen molar-refractivity contribution in [1.29, 1.82) is 0 Å². The van der Waals surface area contributed by atoms with Crippen molar-refractivity contribution < 1.29 is 0 Å². The van der Waals surface area contributed by atoms with E-state index in [9.17, 15) is 0 Å². The lowest BCUT2D eigenvalue weighted by Crippen LogP contribution is -1.82. The zero-order valence-corrected chi connectivity index (χ0v) is 8.09. The highest BCUT2D eigenvalue weighted by Crippen LogP contribution is 2.21. The van der Waals surface area contributed by atoms with Gasteiger partial charge in [0.15, 0.2) is 0 Å². The van der Waals surface area contributed by atoms with Crippen molar-refractivity contribution in [2.45, 2.75) is 27.2 Å². The maximum absolute atomic E-state index is 2.27. The second-order valence-electron chi connectivity index (χ2n) is 3.11. The van der Waals surface area contributed by atoms with Gasteiger partial charge in [-0.1, -0.05) is 30.4 Å². The zero-order chi connectivity index (χ0) is 8.97. The molecule has 64 valence electrons. The van der Waals surface area contributed by atoms with E-state index in [1.807, 2.05) is 0 Å². The van der Waals surface area contributed by atoms with Crippen LogP contribution in [0.15, 0.2) is 47.1 Å². The number of rotatable bonds is 2. The SMILES string of the molecule is CC=CC(C)=C(C)C1=CCC=C1. The Labute approximate surface area is 75.0 Å². The van der Waals surface area contributed by atoms with Gasteiger partial charge in [-0.05, 0) is 43.9 Å². The molecule has 0 amide bonds. The topological polar surface area (TPSA) is 0 Å². The molecule has 0 heterocycles. The van der Waals surface area contributed by atoms with Crippen LogP contribution in [0.5, 0.6) is 0 Å². The average molecular weight is 160 g/mol. The van der Waals surface area contributed by atoms with Crippen molar-refractivity contribution in [1.82, 2.24) is 0 Å². The molecule has 0 saturated heterocycles. The fourth-order valence-electron chi connectivity index (χ4n) is 1.34. The molecule has 0 heteroatoms. The minimum Gasteiger partial charge on any atom is -0.0874 e. The van der Waals surface area contributed by atoms with Crippen LogP contribution in [0, 0.1) is 0 Å². The Balaban J connectivity index is 2.87. The van der Waals surface area contributed by atoms with Gasteiger partial charge in [-0.2, -0.15) is 0 Å². The first kappa shape index (κ1) is 9.05. The van der Waals surface area contributed by atoms with E-state index < -0.39 is 0 Å². The molecule has 0 aromatic carbocycles. The van der Waals surface area contributed by atoms with Gasteiger partial charge < -0.3 is 0 Å². The second kappa shape index (κ2) is 4.10. The number of allylic oxidation sites excluding steroid dienone is 8. The normalized spacial score (nSPS) is 18.4. The van der Waals surface area contributed by atoms with Gasteiger partial charge >= 0.3 is 0 Å². The lowest BCUT2D eigenvalue weighted by Gasteiger charge is -2.02. The van der Waals surface area contributed by atoms with Crippen LogP contribution in [0.3, 0.4) is 0 Å². The molecule has 12 heavy (non-hydrogen) atoms. The third-order valence-electron chi connectivity index (χ3n) is 2.21. The minimum absolute atomic E-state index is 1.09. The third-order valence-corrected chi connectivity index (χ3v) is 2.21. The van der Waals surface area contributed by atoms with Crippen LogP contribution < -0.4 is 0 Å². The minimum atomic E-state index is 1.09. The maximum Gasteiger partial charge on any atom is -0.0157 e. The van der Waals surface area contributed by atoms with Crippen molar-refractivity contribution in [3.05, 3.63) is 47.1 Å². The Hall–Kier alpha value is -1.04. The van der Waals surface area contributed by atoms with Crippen LogP contribution in [-0.4, -0.2) is 0 Å². The van der Waals surface area contributed by atoms with Crippen molar-refractivity contribution in [3.63, 3.8) is 0 Å². The van der Waals surface area contributed by atoms with Crippen molar-refractivity contribution in [3.8, 4) is 0 Å². The van der Waals surface area contributed by atoms with Gasteiger partial charge in [0.1, 0.15) is 0 Å². The van der Waals surface area contributed by atoms with Crippen LogP contribution in [0.2, 0.25) is 0 Å². The molecule has 1 rings (SSSR count). The van der Waals surface area contributed by atoms with E-state index in [-0.39, 0.29) is 0 Å². The van der Waals surface area contributed by atoms with Gasteiger partial charge in [-0.15, -0.1) is 0 Å². The molecule has 0 aromatic heterocycles. The van der Waals surface area contributed by atoms with Crippen LogP contribution in [0.25, 0.3) is 0 Å². The smallest absolute Gasteiger partial charge is 0.0157 e. The second-order valence-corrected chi connectivity index (χ2v) is 3.11. The van der Waals surface area contributed by atoms with Gasteiger partial charge in [0.2, 0.25) is 0 Å². The van der Waals surface area contributed by atoms with Crippen molar-refractivity contribution >= 4 is 0 Å². The van der Waals surface area contributed by atoms with Gasteiger partial charge in [-0.3, -0.25) is 0 Å². The highest BCUT2D eigenvalue weighted by Gasteiger charge is 2.01. The van der Waals surface area contributed by atoms with Crippen LogP contribution in [-0.2, 0) is 0 Å². The summed E-state index contributed by atoms with van der Waals surface area (Å²) in [7, 11) is 0. The highest BCUT2D eigenvalue weighted by molar-refractivity contribution is 5.46. The molecule has 0 atom stereocenters. The van der Waals surface area contributed by atoms with E-state index in [2.05, 4.69) is 51.2 Å². The first-order chi connectivity index (χ1) is 5.75. The summed E-state index contributed by atoms with van der Waals surface area (Å²) in [6, 6.07) is 0. The van der Waals surface area contributed by atoms with E-state index >= 15 is 0 Å². The molecule has 0 nitrogen and oxygen atoms in total. The predicted octanol–water partition coefficient (Wildman–Crippen LogP) is 3.79. The van der Waals surface area contributed by atoms with E-state index in [4.69, 9.17) is 0 Å². The van der Waals surface area contributed by atoms with Crippen LogP contribution in [0.4, 0.5) is 0 Å². The summed E-state index contributed by atoms with van der Waals surface area (Å²) in [5.41, 5.74) is 4.13. The van der Waals surface area contributed by atoms with Crippen molar-refractivity contribution in [2.24, 2.45) is 0 Å². The quantitative estimate of drug-likeness (QED) is 0.539. The molecule has 1 aliphatic carbocycles. The monoisotopic (exact) mass is 160 g/mol. The molecular weight excluding hydrogens is 144 g/mol. The maximum atomic E-state index is 2.27. The summed E-state index contributed by atoms with van der Waals surface area (Å²) in [5.74, 6) is 0. The summed E-state index contributed by atoms with van der Waals surface area (Å²) >= 11 is 0. The van der Waals surface area contributed by atoms with E-state index in [1.54, 1.807) is 0 Å². The molecule has 0 fully saturated rings.